The van der Waals surface area contributed by atoms with Crippen molar-refractivity contribution in [1.82, 2.24) is 10.3 Å². The van der Waals surface area contributed by atoms with E-state index in [9.17, 15) is 0 Å². The average Bonchev–Trinajstić information content (AvgIpc) is 2.76. The van der Waals surface area contributed by atoms with Crippen molar-refractivity contribution in [2.75, 3.05) is 6.54 Å². The molecule has 2 aromatic rings. The molecule has 1 aromatic carbocycles. The lowest BCUT2D eigenvalue weighted by Gasteiger charge is -2.18. The molecule has 0 saturated heterocycles. The molecule has 96 valence electrons. The zero-order valence-electron chi connectivity index (χ0n) is 11.4. The SMILES string of the molecule is CCNC(c1coc(C)n1)c1cc(C)ccc1C. The Balaban J connectivity index is 2.44. The minimum Gasteiger partial charge on any atom is -0.449 e. The molecule has 0 amide bonds. The summed E-state index contributed by atoms with van der Waals surface area (Å²) >= 11 is 0. The highest BCUT2D eigenvalue weighted by atomic mass is 16.3. The quantitative estimate of drug-likeness (QED) is 0.896. The topological polar surface area (TPSA) is 38.1 Å². The Morgan fingerprint density at radius 2 is 2.06 bits per heavy atom. The average molecular weight is 244 g/mol. The van der Waals surface area contributed by atoms with Crippen LogP contribution in [0.4, 0.5) is 0 Å². The first-order valence-corrected chi connectivity index (χ1v) is 6.34. The van der Waals surface area contributed by atoms with Gasteiger partial charge in [-0.2, -0.15) is 0 Å². The van der Waals surface area contributed by atoms with Crippen molar-refractivity contribution in [2.24, 2.45) is 0 Å². The summed E-state index contributed by atoms with van der Waals surface area (Å²) in [5.74, 6) is 0.707. The molecule has 1 unspecified atom stereocenters. The molecule has 0 saturated carbocycles. The molecule has 0 radical (unpaired) electrons. The maximum atomic E-state index is 5.33. The van der Waals surface area contributed by atoms with Crippen LogP contribution in [-0.4, -0.2) is 11.5 Å². The second kappa shape index (κ2) is 5.36. The van der Waals surface area contributed by atoms with Gasteiger partial charge in [-0.1, -0.05) is 30.7 Å². The molecule has 0 spiro atoms. The van der Waals surface area contributed by atoms with Crippen molar-refractivity contribution >= 4 is 0 Å². The van der Waals surface area contributed by atoms with Crippen LogP contribution in [0.15, 0.2) is 28.9 Å². The summed E-state index contributed by atoms with van der Waals surface area (Å²) in [5, 5.41) is 3.47. The third kappa shape index (κ3) is 2.62. The summed E-state index contributed by atoms with van der Waals surface area (Å²) in [6.07, 6.45) is 1.74. The fourth-order valence-corrected chi connectivity index (χ4v) is 2.16. The third-order valence-electron chi connectivity index (χ3n) is 3.09. The van der Waals surface area contributed by atoms with E-state index in [0.717, 1.165) is 12.2 Å². The Hall–Kier alpha value is -1.61. The molecule has 2 rings (SSSR count). The van der Waals surface area contributed by atoms with Crippen LogP contribution in [0.25, 0.3) is 0 Å². The van der Waals surface area contributed by atoms with E-state index in [2.05, 4.69) is 49.3 Å². The lowest BCUT2D eigenvalue weighted by atomic mass is 9.97. The van der Waals surface area contributed by atoms with E-state index in [4.69, 9.17) is 4.42 Å². The number of aryl methyl sites for hydroxylation is 3. The maximum absolute atomic E-state index is 5.33. The lowest BCUT2D eigenvalue weighted by Crippen LogP contribution is -2.23. The molecule has 18 heavy (non-hydrogen) atoms. The van der Waals surface area contributed by atoms with Crippen LogP contribution in [0.1, 0.15) is 41.2 Å². The number of aromatic nitrogens is 1. The van der Waals surface area contributed by atoms with Gasteiger partial charge in [0.25, 0.3) is 0 Å². The maximum Gasteiger partial charge on any atom is 0.191 e. The Kier molecular flexibility index (Phi) is 3.82. The second-order valence-corrected chi connectivity index (χ2v) is 4.64. The van der Waals surface area contributed by atoms with Crippen molar-refractivity contribution in [2.45, 2.75) is 33.7 Å². The fourth-order valence-electron chi connectivity index (χ4n) is 2.16. The van der Waals surface area contributed by atoms with Crippen LogP contribution in [0.3, 0.4) is 0 Å². The van der Waals surface area contributed by atoms with Crippen LogP contribution in [0, 0.1) is 20.8 Å². The number of rotatable bonds is 4. The number of hydrogen-bond donors (Lipinski definition) is 1. The molecular formula is C15H20N2O. The first-order valence-electron chi connectivity index (χ1n) is 6.34. The molecule has 1 aromatic heterocycles. The molecule has 0 fully saturated rings. The van der Waals surface area contributed by atoms with Crippen LogP contribution in [0.2, 0.25) is 0 Å². The molecule has 0 bridgehead atoms. The van der Waals surface area contributed by atoms with Gasteiger partial charge in [0.05, 0.1) is 6.04 Å². The number of nitrogens with one attached hydrogen (secondary N) is 1. The van der Waals surface area contributed by atoms with Gasteiger partial charge in [0.2, 0.25) is 0 Å². The van der Waals surface area contributed by atoms with Crippen molar-refractivity contribution in [1.29, 1.82) is 0 Å². The second-order valence-electron chi connectivity index (χ2n) is 4.64. The highest BCUT2D eigenvalue weighted by Crippen LogP contribution is 2.25. The van der Waals surface area contributed by atoms with Gasteiger partial charge in [-0.15, -0.1) is 0 Å². The molecule has 0 aliphatic rings. The van der Waals surface area contributed by atoms with Gasteiger partial charge in [0.15, 0.2) is 5.89 Å². The van der Waals surface area contributed by atoms with E-state index in [1.165, 1.54) is 16.7 Å². The largest absolute Gasteiger partial charge is 0.449 e. The summed E-state index contributed by atoms with van der Waals surface area (Å²) in [7, 11) is 0. The molecule has 1 atom stereocenters. The normalized spacial score (nSPS) is 12.7. The molecule has 0 aliphatic heterocycles. The van der Waals surface area contributed by atoms with Crippen LogP contribution >= 0.6 is 0 Å². The Bertz CT molecular complexity index is 531. The smallest absolute Gasteiger partial charge is 0.191 e. The molecule has 1 heterocycles. The third-order valence-corrected chi connectivity index (χ3v) is 3.09. The number of benzene rings is 1. The summed E-state index contributed by atoms with van der Waals surface area (Å²) in [6.45, 7) is 9.11. The fraction of sp³-hybridized carbons (Fsp3) is 0.400. The summed E-state index contributed by atoms with van der Waals surface area (Å²) in [6, 6.07) is 6.61. The van der Waals surface area contributed by atoms with Gasteiger partial charge < -0.3 is 9.73 Å². The van der Waals surface area contributed by atoms with Crippen LogP contribution in [-0.2, 0) is 0 Å². The molecule has 1 N–H and O–H groups in total. The molecule has 3 heteroatoms. The van der Waals surface area contributed by atoms with Gasteiger partial charge in [-0.3, -0.25) is 0 Å². The highest BCUT2D eigenvalue weighted by molar-refractivity contribution is 5.36. The van der Waals surface area contributed by atoms with Gasteiger partial charge in [-0.05, 0) is 31.5 Å². The van der Waals surface area contributed by atoms with Gasteiger partial charge in [0.1, 0.15) is 12.0 Å². The zero-order chi connectivity index (χ0) is 13.1. The first kappa shape index (κ1) is 12.8. The predicted octanol–water partition coefficient (Wildman–Crippen LogP) is 3.30. The molecular weight excluding hydrogens is 224 g/mol. The monoisotopic (exact) mass is 244 g/mol. The van der Waals surface area contributed by atoms with E-state index < -0.39 is 0 Å². The van der Waals surface area contributed by atoms with Crippen molar-refractivity contribution < 1.29 is 4.42 Å². The van der Waals surface area contributed by atoms with E-state index >= 15 is 0 Å². The Labute approximate surface area is 108 Å². The van der Waals surface area contributed by atoms with Crippen molar-refractivity contribution in [3.63, 3.8) is 0 Å². The van der Waals surface area contributed by atoms with Crippen LogP contribution < -0.4 is 5.32 Å². The van der Waals surface area contributed by atoms with Gasteiger partial charge in [0, 0.05) is 6.92 Å². The predicted molar refractivity (Wildman–Crippen MR) is 72.7 cm³/mol. The first-order chi connectivity index (χ1) is 8.61. The van der Waals surface area contributed by atoms with Crippen molar-refractivity contribution in [3.8, 4) is 0 Å². The lowest BCUT2D eigenvalue weighted by molar-refractivity contribution is 0.518. The van der Waals surface area contributed by atoms with Gasteiger partial charge in [-0.25, -0.2) is 4.98 Å². The van der Waals surface area contributed by atoms with E-state index in [1.807, 2.05) is 6.92 Å². The Morgan fingerprint density at radius 1 is 1.28 bits per heavy atom. The summed E-state index contributed by atoms with van der Waals surface area (Å²) < 4.78 is 5.33. The van der Waals surface area contributed by atoms with Gasteiger partial charge >= 0.3 is 0 Å². The molecule has 3 nitrogen and oxygen atoms in total. The van der Waals surface area contributed by atoms with Crippen LogP contribution in [0.5, 0.6) is 0 Å². The number of hydrogen-bond acceptors (Lipinski definition) is 3. The Morgan fingerprint density at radius 3 is 2.67 bits per heavy atom. The zero-order valence-corrected chi connectivity index (χ0v) is 11.4. The van der Waals surface area contributed by atoms with E-state index in [0.29, 0.717) is 5.89 Å². The highest BCUT2D eigenvalue weighted by Gasteiger charge is 2.18. The van der Waals surface area contributed by atoms with E-state index in [-0.39, 0.29) is 6.04 Å². The number of oxazole rings is 1. The van der Waals surface area contributed by atoms with Crippen molar-refractivity contribution in [3.05, 3.63) is 52.7 Å². The summed E-state index contributed by atoms with van der Waals surface area (Å²) in [4.78, 5) is 4.45. The minimum atomic E-state index is 0.104. The van der Waals surface area contributed by atoms with E-state index in [1.54, 1.807) is 6.26 Å². The number of nitrogens with zero attached hydrogens (tertiary/aromatic N) is 1. The minimum absolute atomic E-state index is 0.104. The summed E-state index contributed by atoms with van der Waals surface area (Å²) in [5.41, 5.74) is 4.75. The molecule has 0 aliphatic carbocycles. The standard InChI is InChI=1S/C15H20N2O/c1-5-16-15(14-9-18-12(4)17-14)13-8-10(2)6-7-11(13)3/h6-9,15-16H,5H2,1-4H3.